The number of phenols is 1. The van der Waals surface area contributed by atoms with Gasteiger partial charge in [0.1, 0.15) is 16.2 Å². The third-order valence-electron chi connectivity index (χ3n) is 2.75. The molecular formula is C12H10Cl4O2. The molecule has 0 heterocycles. The van der Waals surface area contributed by atoms with E-state index in [1.807, 2.05) is 0 Å². The molecule has 0 fully saturated rings. The van der Waals surface area contributed by atoms with E-state index in [1.165, 1.54) is 12.1 Å². The second-order valence-electron chi connectivity index (χ2n) is 4.22. The summed E-state index contributed by atoms with van der Waals surface area (Å²) < 4.78 is -2.80. The number of halogens is 4. The van der Waals surface area contributed by atoms with Crippen LogP contribution in [0, 0.1) is 0 Å². The van der Waals surface area contributed by atoms with Crippen molar-refractivity contribution >= 4 is 52.0 Å². The van der Waals surface area contributed by atoms with Gasteiger partial charge in [0.15, 0.2) is 4.33 Å². The van der Waals surface area contributed by atoms with Gasteiger partial charge in [-0.2, -0.15) is 0 Å². The van der Waals surface area contributed by atoms with Gasteiger partial charge in [-0.15, -0.1) is 0 Å². The molecule has 0 aromatic heterocycles. The second kappa shape index (κ2) is 4.77. The van der Waals surface area contributed by atoms with E-state index in [1.54, 1.807) is 18.2 Å². The number of aliphatic hydroxyl groups is 1. The fourth-order valence-corrected chi connectivity index (χ4v) is 3.53. The molecule has 2 rings (SSSR count). The molecule has 1 aromatic rings. The van der Waals surface area contributed by atoms with Crippen LogP contribution in [0.1, 0.15) is 12.0 Å². The molecule has 0 aliphatic heterocycles. The zero-order valence-corrected chi connectivity index (χ0v) is 12.1. The minimum Gasteiger partial charge on any atom is -0.507 e. The van der Waals surface area contributed by atoms with Gasteiger partial charge >= 0.3 is 0 Å². The topological polar surface area (TPSA) is 40.5 Å². The van der Waals surface area contributed by atoms with Crippen molar-refractivity contribution < 1.29 is 10.2 Å². The smallest absolute Gasteiger partial charge is 0.151 e. The van der Waals surface area contributed by atoms with Gasteiger partial charge in [0, 0.05) is 12.0 Å². The van der Waals surface area contributed by atoms with Crippen LogP contribution < -0.4 is 0 Å². The zero-order chi connectivity index (χ0) is 13.6. The Kier molecular flexibility index (Phi) is 3.79. The highest BCUT2D eigenvalue weighted by molar-refractivity contribution is 6.55. The molecule has 0 saturated carbocycles. The van der Waals surface area contributed by atoms with E-state index in [0.717, 1.165) is 0 Å². The summed E-state index contributed by atoms with van der Waals surface area (Å²) >= 11 is 24.1. The standard InChI is InChI=1S/C12H10Cl4O2/c13-11(14)5-8(10(18)12(15,16)6-11)7-3-1-2-4-9(7)17/h1-5,10,17-18H,6H2. The van der Waals surface area contributed by atoms with Crippen LogP contribution in [0.4, 0.5) is 0 Å². The lowest BCUT2D eigenvalue weighted by Gasteiger charge is -2.37. The summed E-state index contributed by atoms with van der Waals surface area (Å²) in [5.41, 5.74) is 0.718. The largest absolute Gasteiger partial charge is 0.507 e. The monoisotopic (exact) mass is 326 g/mol. The maximum absolute atomic E-state index is 10.1. The van der Waals surface area contributed by atoms with Crippen LogP contribution in [-0.4, -0.2) is 25.0 Å². The first-order valence-corrected chi connectivity index (χ1v) is 6.69. The van der Waals surface area contributed by atoms with E-state index in [2.05, 4.69) is 0 Å². The first-order valence-electron chi connectivity index (χ1n) is 5.18. The van der Waals surface area contributed by atoms with E-state index in [4.69, 9.17) is 46.4 Å². The summed E-state index contributed by atoms with van der Waals surface area (Å²) in [5.74, 6) is -0.00188. The average molecular weight is 328 g/mol. The van der Waals surface area contributed by atoms with Gasteiger partial charge in [0.25, 0.3) is 0 Å². The number of allylic oxidation sites excluding steroid dienone is 1. The van der Waals surface area contributed by atoms with Crippen LogP contribution in [0.25, 0.3) is 5.57 Å². The minimum atomic E-state index is -1.50. The number of aliphatic hydroxyl groups excluding tert-OH is 1. The molecule has 0 amide bonds. The molecule has 6 heteroatoms. The highest BCUT2D eigenvalue weighted by Crippen LogP contribution is 2.50. The van der Waals surface area contributed by atoms with Gasteiger partial charge in [0.2, 0.25) is 0 Å². The lowest BCUT2D eigenvalue weighted by Crippen LogP contribution is -2.41. The first-order chi connectivity index (χ1) is 8.23. The molecule has 1 aromatic carbocycles. The summed E-state index contributed by atoms with van der Waals surface area (Å²) in [6, 6.07) is 6.50. The zero-order valence-electron chi connectivity index (χ0n) is 9.08. The Hall–Kier alpha value is -0.120. The molecule has 0 radical (unpaired) electrons. The summed E-state index contributed by atoms with van der Waals surface area (Å²) in [5, 5.41) is 19.9. The Labute approximate surface area is 125 Å². The van der Waals surface area contributed by atoms with Crippen molar-refractivity contribution in [1.82, 2.24) is 0 Å². The normalized spacial score (nSPS) is 25.6. The van der Waals surface area contributed by atoms with Gasteiger partial charge in [-0.25, -0.2) is 0 Å². The second-order valence-corrected chi connectivity index (χ2v) is 7.30. The van der Waals surface area contributed by atoms with Gasteiger partial charge in [0.05, 0.1) is 0 Å². The minimum absolute atomic E-state index is 0.00188. The molecule has 18 heavy (non-hydrogen) atoms. The van der Waals surface area contributed by atoms with Crippen LogP contribution >= 0.6 is 46.4 Å². The first kappa shape index (κ1) is 14.3. The summed E-state index contributed by atoms with van der Waals surface area (Å²) in [4.78, 5) is 0. The van der Waals surface area contributed by atoms with Crippen molar-refractivity contribution in [2.75, 3.05) is 0 Å². The van der Waals surface area contributed by atoms with E-state index >= 15 is 0 Å². The van der Waals surface area contributed by atoms with Gasteiger partial charge in [-0.3, -0.25) is 0 Å². The SMILES string of the molecule is Oc1ccccc1C1=CC(Cl)(Cl)CC(Cl)(Cl)C1O. The van der Waals surface area contributed by atoms with E-state index < -0.39 is 14.8 Å². The lowest BCUT2D eigenvalue weighted by atomic mass is 9.89. The van der Waals surface area contributed by atoms with Crippen LogP contribution in [0.3, 0.4) is 0 Å². The Morgan fingerprint density at radius 1 is 1.11 bits per heavy atom. The highest BCUT2D eigenvalue weighted by Gasteiger charge is 2.47. The number of hydrogen-bond donors (Lipinski definition) is 2. The number of alkyl halides is 4. The summed E-state index contributed by atoms with van der Waals surface area (Å²) in [6.07, 6.45) is 0.267. The number of benzene rings is 1. The van der Waals surface area contributed by atoms with Crippen molar-refractivity contribution in [3.05, 3.63) is 35.9 Å². The number of para-hydroxylation sites is 1. The van der Waals surface area contributed by atoms with Crippen LogP contribution in [0.15, 0.2) is 30.3 Å². The fourth-order valence-electron chi connectivity index (χ4n) is 1.94. The Balaban J connectivity index is 2.55. The Bertz CT molecular complexity index is 497. The Morgan fingerprint density at radius 3 is 2.33 bits per heavy atom. The van der Waals surface area contributed by atoms with E-state index in [0.29, 0.717) is 11.1 Å². The van der Waals surface area contributed by atoms with Crippen LogP contribution in [0.5, 0.6) is 5.75 Å². The van der Waals surface area contributed by atoms with Crippen molar-refractivity contribution in [3.8, 4) is 5.75 Å². The molecule has 2 N–H and O–H groups in total. The Morgan fingerprint density at radius 2 is 1.72 bits per heavy atom. The third kappa shape index (κ3) is 2.73. The highest BCUT2D eigenvalue weighted by atomic mass is 35.5. The van der Waals surface area contributed by atoms with Crippen LogP contribution in [0.2, 0.25) is 0 Å². The van der Waals surface area contributed by atoms with Gasteiger partial charge in [-0.05, 0) is 17.7 Å². The lowest BCUT2D eigenvalue weighted by molar-refractivity contribution is 0.201. The quantitative estimate of drug-likeness (QED) is 0.768. The fraction of sp³-hybridized carbons (Fsp3) is 0.333. The molecular weight excluding hydrogens is 318 g/mol. The maximum atomic E-state index is 10.1. The summed E-state index contributed by atoms with van der Waals surface area (Å²) in [6.45, 7) is 0. The molecule has 1 aliphatic rings. The number of rotatable bonds is 1. The molecule has 0 spiro atoms. The molecule has 1 unspecified atom stereocenters. The molecule has 2 nitrogen and oxygen atoms in total. The number of hydrogen-bond acceptors (Lipinski definition) is 2. The maximum Gasteiger partial charge on any atom is 0.151 e. The van der Waals surface area contributed by atoms with E-state index in [9.17, 15) is 10.2 Å². The van der Waals surface area contributed by atoms with Crippen molar-refractivity contribution in [2.45, 2.75) is 21.2 Å². The molecule has 1 aliphatic carbocycles. The van der Waals surface area contributed by atoms with Crippen molar-refractivity contribution in [3.63, 3.8) is 0 Å². The van der Waals surface area contributed by atoms with Crippen LogP contribution in [-0.2, 0) is 0 Å². The van der Waals surface area contributed by atoms with Gasteiger partial charge < -0.3 is 10.2 Å². The summed E-state index contributed by atoms with van der Waals surface area (Å²) in [7, 11) is 0. The molecule has 0 saturated heterocycles. The van der Waals surface area contributed by atoms with Crippen molar-refractivity contribution in [2.24, 2.45) is 0 Å². The van der Waals surface area contributed by atoms with Gasteiger partial charge in [-0.1, -0.05) is 64.6 Å². The van der Waals surface area contributed by atoms with Crippen molar-refractivity contribution in [1.29, 1.82) is 0 Å². The molecule has 1 atom stereocenters. The molecule has 0 bridgehead atoms. The average Bonchev–Trinajstić information content (AvgIpc) is 2.23. The number of aromatic hydroxyl groups is 1. The number of phenolic OH excluding ortho intramolecular Hbond substituents is 1. The third-order valence-corrected chi connectivity index (χ3v) is 3.91. The molecule has 98 valence electrons. The predicted molar refractivity (Wildman–Crippen MR) is 75.6 cm³/mol. The van der Waals surface area contributed by atoms with E-state index in [-0.39, 0.29) is 12.2 Å². The predicted octanol–water partition coefficient (Wildman–Crippen LogP) is 3.89.